The van der Waals surface area contributed by atoms with E-state index in [1.807, 2.05) is 49.9 Å². The lowest BCUT2D eigenvalue weighted by molar-refractivity contribution is -0.130. The van der Waals surface area contributed by atoms with Crippen LogP contribution in [0.2, 0.25) is 0 Å². The van der Waals surface area contributed by atoms with Gasteiger partial charge in [-0.25, -0.2) is 4.99 Å². The Morgan fingerprint density at radius 3 is 2.53 bits per heavy atom. The summed E-state index contributed by atoms with van der Waals surface area (Å²) in [6.45, 7) is 9.05. The van der Waals surface area contributed by atoms with Crippen molar-refractivity contribution in [2.24, 2.45) is 4.99 Å². The average Bonchev–Trinajstić information content (AvgIpc) is 3.28. The molecule has 1 heterocycles. The quantitative estimate of drug-likeness (QED) is 0.411. The van der Waals surface area contributed by atoms with Crippen molar-refractivity contribution in [1.82, 2.24) is 15.5 Å². The van der Waals surface area contributed by atoms with Gasteiger partial charge in [-0.05, 0) is 50.6 Å². The minimum Gasteiger partial charge on any atom is -0.459 e. The molecule has 162 valence electrons. The van der Waals surface area contributed by atoms with Crippen LogP contribution in [-0.4, -0.2) is 48.9 Å². The molecule has 0 saturated carbocycles. The smallest absolute Gasteiger partial charge is 0.291 e. The monoisotopic (exact) mass is 413 g/mol. The number of amides is 2. The number of nitrogens with one attached hydrogen (secondary N) is 3. The number of furan rings is 1. The van der Waals surface area contributed by atoms with Crippen molar-refractivity contribution in [2.75, 3.05) is 31.5 Å². The van der Waals surface area contributed by atoms with Gasteiger partial charge >= 0.3 is 0 Å². The lowest BCUT2D eigenvalue weighted by Gasteiger charge is -2.19. The third-order valence-electron chi connectivity index (χ3n) is 4.44. The first-order valence-electron chi connectivity index (χ1n) is 10.3. The number of carbonyl (C=O) groups excluding carboxylic acids is 2. The molecule has 30 heavy (non-hydrogen) atoms. The van der Waals surface area contributed by atoms with E-state index in [1.165, 1.54) is 6.26 Å². The summed E-state index contributed by atoms with van der Waals surface area (Å²) < 4.78 is 5.11. The summed E-state index contributed by atoms with van der Waals surface area (Å²) in [5.41, 5.74) is 1.62. The lowest BCUT2D eigenvalue weighted by atomic mass is 10.2. The van der Waals surface area contributed by atoms with Gasteiger partial charge in [0.1, 0.15) is 0 Å². The Morgan fingerprint density at radius 1 is 1.07 bits per heavy atom. The zero-order valence-electron chi connectivity index (χ0n) is 17.9. The predicted octanol–water partition coefficient (Wildman–Crippen LogP) is 2.85. The zero-order valence-corrected chi connectivity index (χ0v) is 17.9. The summed E-state index contributed by atoms with van der Waals surface area (Å²) in [5, 5.41) is 9.19. The molecular weight excluding hydrogens is 382 g/mol. The number of carbonyl (C=O) groups is 2. The van der Waals surface area contributed by atoms with Crippen molar-refractivity contribution in [3.63, 3.8) is 0 Å². The van der Waals surface area contributed by atoms with Gasteiger partial charge < -0.3 is 25.3 Å². The van der Waals surface area contributed by atoms with Gasteiger partial charge in [0, 0.05) is 38.3 Å². The highest BCUT2D eigenvalue weighted by molar-refractivity contribution is 6.02. The molecule has 0 aliphatic heterocycles. The Morgan fingerprint density at radius 2 is 1.87 bits per heavy atom. The second kappa shape index (κ2) is 12.3. The number of anilines is 1. The fourth-order valence-corrected chi connectivity index (χ4v) is 2.88. The molecule has 2 amide bonds. The Labute approximate surface area is 177 Å². The van der Waals surface area contributed by atoms with E-state index in [-0.39, 0.29) is 17.6 Å². The highest BCUT2D eigenvalue weighted by atomic mass is 16.3. The summed E-state index contributed by atoms with van der Waals surface area (Å²) >= 11 is 0. The number of nitrogens with zero attached hydrogens (tertiary/aromatic N) is 2. The van der Waals surface area contributed by atoms with E-state index in [9.17, 15) is 9.59 Å². The average molecular weight is 414 g/mol. The van der Waals surface area contributed by atoms with Gasteiger partial charge in [0.15, 0.2) is 11.7 Å². The van der Waals surface area contributed by atoms with Crippen molar-refractivity contribution in [3.8, 4) is 0 Å². The van der Waals surface area contributed by atoms with E-state index < -0.39 is 0 Å². The predicted molar refractivity (Wildman–Crippen MR) is 118 cm³/mol. The van der Waals surface area contributed by atoms with Crippen molar-refractivity contribution < 1.29 is 14.0 Å². The Balaban J connectivity index is 1.92. The van der Waals surface area contributed by atoms with Crippen LogP contribution in [0, 0.1) is 0 Å². The van der Waals surface area contributed by atoms with Crippen molar-refractivity contribution >= 4 is 23.5 Å². The topological polar surface area (TPSA) is 99.0 Å². The van der Waals surface area contributed by atoms with E-state index in [0.717, 1.165) is 25.2 Å². The SMILES string of the molecule is CCNC(=NCc1cccc(NC(=O)c2ccco2)c1)NCCC(=O)N(CC)CC. The van der Waals surface area contributed by atoms with Gasteiger partial charge in [-0.3, -0.25) is 9.59 Å². The van der Waals surface area contributed by atoms with Crippen molar-refractivity contribution in [3.05, 3.63) is 54.0 Å². The molecule has 8 nitrogen and oxygen atoms in total. The van der Waals surface area contributed by atoms with E-state index in [1.54, 1.807) is 12.1 Å². The maximum absolute atomic E-state index is 12.1. The number of rotatable bonds is 10. The first-order valence-corrected chi connectivity index (χ1v) is 10.3. The van der Waals surface area contributed by atoms with Gasteiger partial charge in [0.05, 0.1) is 12.8 Å². The molecule has 1 aromatic heterocycles. The Bertz CT molecular complexity index is 829. The molecule has 0 aliphatic rings. The maximum atomic E-state index is 12.1. The largest absolute Gasteiger partial charge is 0.459 e. The summed E-state index contributed by atoms with van der Waals surface area (Å²) in [5.74, 6) is 0.739. The number of aliphatic imine (C=N–C) groups is 1. The van der Waals surface area contributed by atoms with Crippen molar-refractivity contribution in [1.29, 1.82) is 0 Å². The first-order chi connectivity index (χ1) is 14.6. The summed E-state index contributed by atoms with van der Waals surface area (Å²) in [6.07, 6.45) is 1.88. The van der Waals surface area contributed by atoms with Crippen LogP contribution in [0.5, 0.6) is 0 Å². The molecule has 2 rings (SSSR count). The lowest BCUT2D eigenvalue weighted by Crippen LogP contribution is -2.40. The fraction of sp³-hybridized carbons (Fsp3) is 0.409. The van der Waals surface area contributed by atoms with Gasteiger partial charge in [-0.1, -0.05) is 12.1 Å². The van der Waals surface area contributed by atoms with Crippen LogP contribution in [0.3, 0.4) is 0 Å². The van der Waals surface area contributed by atoms with Crippen LogP contribution in [0.25, 0.3) is 0 Å². The summed E-state index contributed by atoms with van der Waals surface area (Å²) in [6, 6.07) is 10.8. The van der Waals surface area contributed by atoms with Crippen LogP contribution in [0.4, 0.5) is 5.69 Å². The van der Waals surface area contributed by atoms with Crippen LogP contribution in [0.1, 0.15) is 43.3 Å². The van der Waals surface area contributed by atoms with E-state index in [2.05, 4.69) is 20.9 Å². The second-order valence-corrected chi connectivity index (χ2v) is 6.57. The van der Waals surface area contributed by atoms with Gasteiger partial charge in [0.2, 0.25) is 5.91 Å². The minimum absolute atomic E-state index is 0.128. The van der Waals surface area contributed by atoms with Crippen molar-refractivity contribution in [2.45, 2.75) is 33.7 Å². The fourth-order valence-electron chi connectivity index (χ4n) is 2.88. The van der Waals surface area contributed by atoms with Crippen LogP contribution >= 0.6 is 0 Å². The minimum atomic E-state index is -0.298. The van der Waals surface area contributed by atoms with E-state index in [4.69, 9.17) is 4.42 Å². The van der Waals surface area contributed by atoms with E-state index >= 15 is 0 Å². The molecule has 1 aromatic carbocycles. The molecule has 0 atom stereocenters. The summed E-state index contributed by atoms with van der Waals surface area (Å²) in [4.78, 5) is 30.6. The third kappa shape index (κ3) is 7.27. The van der Waals surface area contributed by atoms with Crippen LogP contribution in [-0.2, 0) is 11.3 Å². The highest BCUT2D eigenvalue weighted by Gasteiger charge is 2.10. The molecule has 0 spiro atoms. The molecule has 3 N–H and O–H groups in total. The maximum Gasteiger partial charge on any atom is 0.291 e. The van der Waals surface area contributed by atoms with Gasteiger partial charge in [-0.15, -0.1) is 0 Å². The molecule has 0 aliphatic carbocycles. The number of hydrogen-bond acceptors (Lipinski definition) is 4. The van der Waals surface area contributed by atoms with Gasteiger partial charge in [0.25, 0.3) is 5.91 Å². The third-order valence-corrected chi connectivity index (χ3v) is 4.44. The molecule has 0 radical (unpaired) electrons. The van der Waals surface area contributed by atoms with E-state index in [0.29, 0.717) is 31.2 Å². The second-order valence-electron chi connectivity index (χ2n) is 6.57. The number of benzene rings is 1. The molecule has 0 fully saturated rings. The number of guanidine groups is 1. The molecule has 0 saturated heterocycles. The Hall–Kier alpha value is -3.29. The molecular formula is C22H31N5O3. The summed E-state index contributed by atoms with van der Waals surface area (Å²) in [7, 11) is 0. The molecule has 0 unspecified atom stereocenters. The van der Waals surface area contributed by atoms with Crippen LogP contribution in [0.15, 0.2) is 52.1 Å². The number of hydrogen-bond donors (Lipinski definition) is 3. The van der Waals surface area contributed by atoms with Gasteiger partial charge in [-0.2, -0.15) is 0 Å². The van der Waals surface area contributed by atoms with Crippen LogP contribution < -0.4 is 16.0 Å². The molecule has 8 heteroatoms. The Kier molecular flexibility index (Phi) is 9.44. The normalized spacial score (nSPS) is 11.1. The molecule has 0 bridgehead atoms. The highest BCUT2D eigenvalue weighted by Crippen LogP contribution is 2.13. The molecule has 2 aromatic rings. The standard InChI is InChI=1S/C22H31N5O3/c1-4-23-22(24-13-12-20(28)27(5-2)6-3)25-16-17-9-7-10-18(15-17)26-21(29)19-11-8-14-30-19/h7-11,14-15H,4-6,12-13,16H2,1-3H3,(H,26,29)(H2,23,24,25). The zero-order chi connectivity index (χ0) is 21.8. The first kappa shape index (κ1) is 23.0.